The summed E-state index contributed by atoms with van der Waals surface area (Å²) in [4.78, 5) is 2.61. The van der Waals surface area contributed by atoms with Gasteiger partial charge in [0.2, 0.25) is 10.0 Å². The SMILES string of the molecule is Cc1ccc(C)c(S(=O)(=O)NCCN2CCOC(c3ccccc3)C2)c1. The summed E-state index contributed by atoms with van der Waals surface area (Å²) in [7, 11) is -3.49. The topological polar surface area (TPSA) is 58.6 Å². The Morgan fingerprint density at radius 3 is 2.69 bits per heavy atom. The summed E-state index contributed by atoms with van der Waals surface area (Å²) in [6.45, 7) is 7.01. The molecule has 1 aliphatic heterocycles. The number of benzene rings is 2. The van der Waals surface area contributed by atoms with E-state index in [1.807, 2.05) is 44.2 Å². The van der Waals surface area contributed by atoms with Crippen LogP contribution < -0.4 is 4.72 Å². The Balaban J connectivity index is 1.56. The number of rotatable bonds is 6. The van der Waals surface area contributed by atoms with E-state index >= 15 is 0 Å². The highest BCUT2D eigenvalue weighted by Crippen LogP contribution is 2.21. The van der Waals surface area contributed by atoms with Gasteiger partial charge in [0.05, 0.1) is 17.6 Å². The maximum absolute atomic E-state index is 12.6. The number of aryl methyl sites for hydroxylation is 2. The van der Waals surface area contributed by atoms with Crippen LogP contribution in [-0.4, -0.2) is 46.1 Å². The molecule has 0 spiro atoms. The fourth-order valence-corrected chi connectivity index (χ4v) is 4.54. The van der Waals surface area contributed by atoms with Crippen LogP contribution in [0.1, 0.15) is 22.8 Å². The highest BCUT2D eigenvalue weighted by molar-refractivity contribution is 7.89. The summed E-state index contributed by atoms with van der Waals surface area (Å²) in [5.41, 5.74) is 2.86. The lowest BCUT2D eigenvalue weighted by Crippen LogP contribution is -2.42. The third kappa shape index (κ3) is 4.71. The van der Waals surface area contributed by atoms with Crippen molar-refractivity contribution in [2.24, 2.45) is 0 Å². The molecule has 1 heterocycles. The van der Waals surface area contributed by atoms with Gasteiger partial charge in [-0.15, -0.1) is 0 Å². The van der Waals surface area contributed by atoms with E-state index in [9.17, 15) is 8.42 Å². The van der Waals surface area contributed by atoms with Gasteiger partial charge in [0.1, 0.15) is 0 Å². The number of morpholine rings is 1. The van der Waals surface area contributed by atoms with Crippen molar-refractivity contribution in [3.8, 4) is 0 Å². The Labute approximate surface area is 156 Å². The van der Waals surface area contributed by atoms with Crippen LogP contribution >= 0.6 is 0 Å². The normalized spacial score (nSPS) is 18.8. The van der Waals surface area contributed by atoms with E-state index in [0.717, 1.165) is 29.8 Å². The van der Waals surface area contributed by atoms with Gasteiger partial charge in [-0.05, 0) is 36.6 Å². The molecule has 26 heavy (non-hydrogen) atoms. The molecule has 1 fully saturated rings. The van der Waals surface area contributed by atoms with Gasteiger partial charge in [-0.1, -0.05) is 42.5 Å². The Kier molecular flexibility index (Phi) is 6.09. The lowest BCUT2D eigenvalue weighted by atomic mass is 10.1. The van der Waals surface area contributed by atoms with Gasteiger partial charge in [0.15, 0.2) is 0 Å². The van der Waals surface area contributed by atoms with E-state index in [4.69, 9.17) is 4.74 Å². The standard InChI is InChI=1S/C20H26N2O3S/c1-16-8-9-17(2)20(14-16)26(23,24)21-10-11-22-12-13-25-19(15-22)18-6-4-3-5-7-18/h3-9,14,19,21H,10-13,15H2,1-2H3. The molecular weight excluding hydrogens is 348 g/mol. The molecule has 1 unspecified atom stereocenters. The average molecular weight is 375 g/mol. The molecule has 1 N–H and O–H groups in total. The van der Waals surface area contributed by atoms with E-state index < -0.39 is 10.0 Å². The Hall–Kier alpha value is -1.73. The highest BCUT2D eigenvalue weighted by Gasteiger charge is 2.22. The zero-order chi connectivity index (χ0) is 18.6. The molecule has 1 aliphatic rings. The third-order valence-corrected chi connectivity index (χ3v) is 6.28. The summed E-state index contributed by atoms with van der Waals surface area (Å²) >= 11 is 0. The molecule has 0 aliphatic carbocycles. The van der Waals surface area contributed by atoms with Crippen molar-refractivity contribution >= 4 is 10.0 Å². The lowest BCUT2D eigenvalue weighted by molar-refractivity contribution is -0.0291. The lowest BCUT2D eigenvalue weighted by Gasteiger charge is -2.33. The van der Waals surface area contributed by atoms with Gasteiger partial charge in [0, 0.05) is 26.2 Å². The molecule has 1 saturated heterocycles. The number of sulfonamides is 1. The van der Waals surface area contributed by atoms with Crippen molar-refractivity contribution in [2.75, 3.05) is 32.8 Å². The fraction of sp³-hybridized carbons (Fsp3) is 0.400. The average Bonchev–Trinajstić information content (AvgIpc) is 2.64. The molecule has 3 rings (SSSR count). The van der Waals surface area contributed by atoms with Gasteiger partial charge < -0.3 is 4.74 Å². The van der Waals surface area contributed by atoms with E-state index in [-0.39, 0.29) is 6.10 Å². The predicted octanol–water partition coefficient (Wildman–Crippen LogP) is 2.66. The first-order valence-electron chi connectivity index (χ1n) is 8.91. The zero-order valence-corrected chi connectivity index (χ0v) is 16.1. The first-order chi connectivity index (χ1) is 12.5. The summed E-state index contributed by atoms with van der Waals surface area (Å²) in [5, 5.41) is 0. The second-order valence-corrected chi connectivity index (χ2v) is 8.47. The molecule has 5 nitrogen and oxygen atoms in total. The van der Waals surface area contributed by atoms with Crippen molar-refractivity contribution < 1.29 is 13.2 Å². The number of hydrogen-bond acceptors (Lipinski definition) is 4. The quantitative estimate of drug-likeness (QED) is 0.845. The second kappa shape index (κ2) is 8.31. The van der Waals surface area contributed by atoms with Crippen LogP contribution in [0.5, 0.6) is 0 Å². The van der Waals surface area contributed by atoms with Crippen molar-refractivity contribution in [3.63, 3.8) is 0 Å². The minimum atomic E-state index is -3.49. The van der Waals surface area contributed by atoms with E-state index in [2.05, 4.69) is 21.8 Å². The molecule has 0 saturated carbocycles. The van der Waals surface area contributed by atoms with Crippen molar-refractivity contribution in [1.29, 1.82) is 0 Å². The summed E-state index contributed by atoms with van der Waals surface area (Å²) in [6, 6.07) is 15.6. The Morgan fingerprint density at radius 2 is 1.92 bits per heavy atom. The molecule has 140 valence electrons. The molecule has 0 aromatic heterocycles. The number of hydrogen-bond donors (Lipinski definition) is 1. The van der Waals surface area contributed by atoms with Crippen LogP contribution in [0.15, 0.2) is 53.4 Å². The second-order valence-electron chi connectivity index (χ2n) is 6.74. The molecular formula is C20H26N2O3S. The number of ether oxygens (including phenoxy) is 1. The van der Waals surface area contributed by atoms with Crippen molar-refractivity contribution in [2.45, 2.75) is 24.8 Å². The van der Waals surface area contributed by atoms with E-state index in [0.29, 0.717) is 24.6 Å². The first kappa shape index (κ1) is 19.0. The molecule has 2 aromatic carbocycles. The van der Waals surface area contributed by atoms with Crippen LogP contribution in [0.4, 0.5) is 0 Å². The maximum Gasteiger partial charge on any atom is 0.240 e. The van der Waals surface area contributed by atoms with Crippen molar-refractivity contribution in [3.05, 3.63) is 65.2 Å². The van der Waals surface area contributed by atoms with Gasteiger partial charge in [0.25, 0.3) is 0 Å². The third-order valence-electron chi connectivity index (χ3n) is 4.68. The first-order valence-corrected chi connectivity index (χ1v) is 10.4. The number of nitrogens with zero attached hydrogens (tertiary/aromatic N) is 1. The summed E-state index contributed by atoms with van der Waals surface area (Å²) in [6.07, 6.45) is 0.0422. The Morgan fingerprint density at radius 1 is 1.15 bits per heavy atom. The van der Waals surface area contributed by atoms with Gasteiger partial charge in [-0.25, -0.2) is 13.1 Å². The van der Waals surface area contributed by atoms with E-state index in [1.165, 1.54) is 0 Å². The van der Waals surface area contributed by atoms with E-state index in [1.54, 1.807) is 6.07 Å². The minimum absolute atomic E-state index is 0.0422. The van der Waals surface area contributed by atoms with Crippen LogP contribution in [0.25, 0.3) is 0 Å². The van der Waals surface area contributed by atoms with Crippen LogP contribution in [0.3, 0.4) is 0 Å². The van der Waals surface area contributed by atoms with Crippen LogP contribution in [0.2, 0.25) is 0 Å². The molecule has 0 radical (unpaired) electrons. The molecule has 1 atom stereocenters. The monoisotopic (exact) mass is 374 g/mol. The zero-order valence-electron chi connectivity index (χ0n) is 15.3. The fourth-order valence-electron chi connectivity index (χ4n) is 3.19. The number of nitrogens with one attached hydrogen (secondary N) is 1. The van der Waals surface area contributed by atoms with Crippen LogP contribution in [0, 0.1) is 13.8 Å². The smallest absolute Gasteiger partial charge is 0.240 e. The summed E-state index contributed by atoms with van der Waals surface area (Å²) in [5.74, 6) is 0. The largest absolute Gasteiger partial charge is 0.371 e. The van der Waals surface area contributed by atoms with Crippen LogP contribution in [-0.2, 0) is 14.8 Å². The summed E-state index contributed by atoms with van der Waals surface area (Å²) < 4.78 is 33.8. The molecule has 2 aromatic rings. The maximum atomic E-state index is 12.6. The van der Waals surface area contributed by atoms with Gasteiger partial charge in [-0.3, -0.25) is 4.90 Å². The highest BCUT2D eigenvalue weighted by atomic mass is 32.2. The molecule has 0 bridgehead atoms. The molecule has 0 amide bonds. The Bertz CT molecular complexity index is 837. The minimum Gasteiger partial charge on any atom is -0.371 e. The molecule has 6 heteroatoms. The predicted molar refractivity (Wildman–Crippen MR) is 103 cm³/mol. The van der Waals surface area contributed by atoms with Gasteiger partial charge in [-0.2, -0.15) is 0 Å². The van der Waals surface area contributed by atoms with Gasteiger partial charge >= 0.3 is 0 Å². The van der Waals surface area contributed by atoms with Crippen molar-refractivity contribution in [1.82, 2.24) is 9.62 Å².